The molecule has 1 aromatic rings. The van der Waals surface area contributed by atoms with Crippen molar-refractivity contribution in [3.8, 4) is 0 Å². The van der Waals surface area contributed by atoms with Gasteiger partial charge in [0.2, 0.25) is 0 Å². The third kappa shape index (κ3) is 4.19. The van der Waals surface area contributed by atoms with E-state index in [1.54, 1.807) is 0 Å². The van der Waals surface area contributed by atoms with E-state index in [1.807, 2.05) is 0 Å². The van der Waals surface area contributed by atoms with E-state index in [0.717, 1.165) is 11.7 Å². The molecule has 1 aliphatic heterocycles. The maximum Gasteiger partial charge on any atom is 0.472 e. The van der Waals surface area contributed by atoms with Crippen LogP contribution in [0.1, 0.15) is 18.2 Å². The average molecular weight is 365 g/mol. The van der Waals surface area contributed by atoms with Crippen LogP contribution < -0.4 is 11.4 Å². The summed E-state index contributed by atoms with van der Waals surface area (Å²) < 4.78 is 32.9. The fraction of sp³-hybridized carbons (Fsp3) is 0.667. The summed E-state index contributed by atoms with van der Waals surface area (Å²) in [4.78, 5) is 25.1. The Bertz CT molecular complexity index is 681. The van der Waals surface area contributed by atoms with Gasteiger partial charge in [0, 0.05) is 32.4 Å². The monoisotopic (exact) mass is 365 g/mol. The Kier molecular flexibility index (Phi) is 6.10. The number of aliphatic hydroxyl groups is 1. The van der Waals surface area contributed by atoms with Crippen LogP contribution in [0.3, 0.4) is 0 Å². The molecule has 4 atom stereocenters. The van der Waals surface area contributed by atoms with Crippen molar-refractivity contribution in [2.45, 2.75) is 31.5 Å². The molecule has 11 nitrogen and oxygen atoms in total. The Morgan fingerprint density at radius 2 is 2.25 bits per heavy atom. The average Bonchev–Trinajstić information content (AvgIpc) is 2.90. The third-order valence-electron chi connectivity index (χ3n) is 3.55. The summed E-state index contributed by atoms with van der Waals surface area (Å²) in [5.74, 6) is -0.0720. The summed E-state index contributed by atoms with van der Waals surface area (Å²) in [6, 6.07) is 0. The number of nitrogens with two attached hydrogens (primary N) is 1. The molecule has 0 amide bonds. The molecule has 24 heavy (non-hydrogen) atoms. The first-order chi connectivity index (χ1) is 11.3. The Hall–Kier alpha value is -1.33. The zero-order valence-corrected chi connectivity index (χ0v) is 14.1. The topological polar surface area (TPSA) is 155 Å². The molecule has 0 spiro atoms. The summed E-state index contributed by atoms with van der Waals surface area (Å²) in [7, 11) is -1.76. The van der Waals surface area contributed by atoms with E-state index in [4.69, 9.17) is 19.7 Å². The van der Waals surface area contributed by atoms with Gasteiger partial charge in [-0.15, -0.1) is 0 Å². The summed E-state index contributed by atoms with van der Waals surface area (Å²) in [6.45, 7) is -0.322. The highest BCUT2D eigenvalue weighted by Crippen LogP contribution is 2.47. The number of phosphoric acid groups is 1. The first-order valence-corrected chi connectivity index (χ1v) is 8.50. The van der Waals surface area contributed by atoms with Gasteiger partial charge in [-0.05, 0) is 0 Å². The van der Waals surface area contributed by atoms with Crippen LogP contribution in [0.2, 0.25) is 0 Å². The smallest absolute Gasteiger partial charge is 0.391 e. The minimum atomic E-state index is -4.24. The predicted octanol–water partition coefficient (Wildman–Crippen LogP) is -0.616. The van der Waals surface area contributed by atoms with Gasteiger partial charge in [-0.25, -0.2) is 9.36 Å². The van der Waals surface area contributed by atoms with Crippen LogP contribution >= 0.6 is 7.82 Å². The second-order valence-electron chi connectivity index (χ2n) is 5.11. The van der Waals surface area contributed by atoms with Crippen LogP contribution in [0.25, 0.3) is 0 Å². The minimum absolute atomic E-state index is 0.0720. The molecule has 0 radical (unpaired) electrons. The highest BCUT2D eigenvalue weighted by atomic mass is 31.2. The molecular weight excluding hydrogens is 345 g/mol. The maximum absolute atomic E-state index is 12.0. The molecule has 2 heterocycles. The number of anilines is 1. The summed E-state index contributed by atoms with van der Waals surface area (Å²) >= 11 is 0. The maximum atomic E-state index is 12.0. The number of rotatable bonds is 7. The molecule has 0 bridgehead atoms. The molecule has 0 saturated carbocycles. The molecule has 12 heteroatoms. The van der Waals surface area contributed by atoms with Gasteiger partial charge >= 0.3 is 13.5 Å². The number of hydrogen-bond acceptors (Lipinski definition) is 9. The van der Waals surface area contributed by atoms with Crippen molar-refractivity contribution in [1.82, 2.24) is 9.55 Å². The number of methoxy groups -OCH3 is 1. The Balaban J connectivity index is 2.27. The number of hydrogen-bond donors (Lipinski definition) is 3. The van der Waals surface area contributed by atoms with Crippen molar-refractivity contribution in [3.05, 3.63) is 22.2 Å². The highest BCUT2D eigenvalue weighted by molar-refractivity contribution is 7.47. The lowest BCUT2D eigenvalue weighted by Gasteiger charge is -2.19. The van der Waals surface area contributed by atoms with Crippen LogP contribution in [0.5, 0.6) is 0 Å². The van der Waals surface area contributed by atoms with Crippen molar-refractivity contribution in [1.29, 1.82) is 0 Å². The lowest BCUT2D eigenvalue weighted by molar-refractivity contribution is -0.0545. The number of phosphoric ester groups is 1. The van der Waals surface area contributed by atoms with Gasteiger partial charge < -0.3 is 25.2 Å². The standard InChI is InChI=1S/C12H20N3O8P/c1-20-6-9-8(23-24(18,19)21-2)3-10(22-9)15-4-7(5-16)11(13)14-12(15)17/h4,8-10,16H,3,5-6H2,1-2H3,(H,18,19)(H2,13,14,17)/t8?,9-,10-/m1/s1. The first kappa shape index (κ1) is 19.0. The second-order valence-corrected chi connectivity index (χ2v) is 6.63. The highest BCUT2D eigenvalue weighted by Gasteiger charge is 2.41. The molecule has 1 aliphatic rings. The van der Waals surface area contributed by atoms with E-state index < -0.39 is 38.6 Å². The van der Waals surface area contributed by atoms with Crippen LogP contribution in [-0.4, -0.2) is 52.6 Å². The molecule has 136 valence electrons. The van der Waals surface area contributed by atoms with Crippen LogP contribution in [0, 0.1) is 0 Å². The molecule has 1 saturated heterocycles. The number of aromatic nitrogens is 2. The first-order valence-electron chi connectivity index (χ1n) is 7.01. The molecule has 4 N–H and O–H groups in total. The van der Waals surface area contributed by atoms with Crippen LogP contribution in [0.4, 0.5) is 5.82 Å². The summed E-state index contributed by atoms with van der Waals surface area (Å²) in [5.41, 5.74) is 5.13. The van der Waals surface area contributed by atoms with Crippen LogP contribution in [0.15, 0.2) is 11.0 Å². The number of ether oxygens (including phenoxy) is 2. The van der Waals surface area contributed by atoms with Gasteiger partial charge in [-0.1, -0.05) is 0 Å². The van der Waals surface area contributed by atoms with E-state index in [9.17, 15) is 19.4 Å². The molecule has 2 unspecified atom stereocenters. The van der Waals surface area contributed by atoms with E-state index in [2.05, 4.69) is 9.51 Å². The predicted molar refractivity (Wildman–Crippen MR) is 80.9 cm³/mol. The van der Waals surface area contributed by atoms with Gasteiger partial charge in [0.05, 0.1) is 13.2 Å². The van der Waals surface area contributed by atoms with Crippen LogP contribution in [-0.2, 0) is 29.7 Å². The van der Waals surface area contributed by atoms with E-state index in [-0.39, 0.29) is 24.4 Å². The Morgan fingerprint density at radius 1 is 1.54 bits per heavy atom. The molecular formula is C12H20N3O8P. The Labute approximate surface area is 137 Å². The fourth-order valence-corrected chi connectivity index (χ4v) is 3.01. The van der Waals surface area contributed by atoms with Gasteiger partial charge in [0.1, 0.15) is 24.3 Å². The minimum Gasteiger partial charge on any atom is -0.391 e. The zero-order valence-electron chi connectivity index (χ0n) is 13.2. The molecule has 1 aromatic heterocycles. The van der Waals surface area contributed by atoms with Crippen molar-refractivity contribution in [3.63, 3.8) is 0 Å². The van der Waals surface area contributed by atoms with Crippen molar-refractivity contribution < 1.29 is 33.1 Å². The fourth-order valence-electron chi connectivity index (χ4n) is 2.36. The van der Waals surface area contributed by atoms with Crippen molar-refractivity contribution in [2.24, 2.45) is 0 Å². The lowest BCUT2D eigenvalue weighted by atomic mass is 10.2. The number of nitrogen functional groups attached to an aromatic ring is 1. The van der Waals surface area contributed by atoms with Crippen molar-refractivity contribution in [2.75, 3.05) is 26.6 Å². The SMILES string of the molecule is COC[C@H]1O[C@@H](n2cc(CO)c(N)nc2=O)CC1OP(=O)(O)OC. The van der Waals surface area contributed by atoms with Gasteiger partial charge in [0.25, 0.3) is 0 Å². The normalized spacial score (nSPS) is 26.4. The number of nitrogens with zero attached hydrogens (tertiary/aromatic N) is 2. The van der Waals surface area contributed by atoms with Gasteiger partial charge in [-0.3, -0.25) is 13.6 Å². The molecule has 0 aliphatic carbocycles. The van der Waals surface area contributed by atoms with Gasteiger partial charge in [0.15, 0.2) is 0 Å². The Morgan fingerprint density at radius 3 is 2.83 bits per heavy atom. The van der Waals surface area contributed by atoms with E-state index in [0.29, 0.717) is 0 Å². The zero-order chi connectivity index (χ0) is 17.9. The number of aliphatic hydroxyl groups excluding tert-OH is 1. The summed E-state index contributed by atoms with van der Waals surface area (Å²) in [6.07, 6.45) is -0.947. The van der Waals surface area contributed by atoms with E-state index in [1.165, 1.54) is 13.3 Å². The quantitative estimate of drug-likeness (QED) is 0.532. The largest absolute Gasteiger partial charge is 0.472 e. The lowest BCUT2D eigenvalue weighted by Crippen LogP contribution is -2.29. The molecule has 1 fully saturated rings. The van der Waals surface area contributed by atoms with Gasteiger partial charge in [-0.2, -0.15) is 4.98 Å². The molecule has 2 rings (SSSR count). The third-order valence-corrected chi connectivity index (χ3v) is 4.55. The van der Waals surface area contributed by atoms with Crippen molar-refractivity contribution >= 4 is 13.6 Å². The molecule has 0 aromatic carbocycles. The summed E-state index contributed by atoms with van der Waals surface area (Å²) in [5, 5.41) is 9.24. The second kappa shape index (κ2) is 7.70. The van der Waals surface area contributed by atoms with E-state index >= 15 is 0 Å².